The minimum Gasteiger partial charge on any atom is -0.493 e. The molecule has 3 heterocycles. The number of likely N-dealkylation sites (N-methyl/N-ethyl adjacent to an activating group) is 1. The van der Waals surface area contributed by atoms with Gasteiger partial charge in [-0.2, -0.15) is 4.98 Å². The van der Waals surface area contributed by atoms with E-state index in [4.69, 9.17) is 14.0 Å². The normalized spacial score (nSPS) is 20.3. The number of piperazine rings is 1. The summed E-state index contributed by atoms with van der Waals surface area (Å²) < 4.78 is 16.2. The molecule has 2 fully saturated rings. The topological polar surface area (TPSA) is 96.2 Å². The number of hydrogen-bond donors (Lipinski definition) is 1. The van der Waals surface area contributed by atoms with Crippen LogP contribution in [0.25, 0.3) is 11.4 Å². The fraction of sp³-hybridized carbons (Fsp3) is 0.625. The average molecular weight is 473 g/mol. The summed E-state index contributed by atoms with van der Waals surface area (Å²) in [5.41, 5.74) is 0.795. The lowest BCUT2D eigenvalue weighted by Gasteiger charge is -2.33. The van der Waals surface area contributed by atoms with Crippen molar-refractivity contribution in [3.8, 4) is 22.9 Å². The Hall–Kier alpha value is -2.69. The Balaban J connectivity index is 1.26. The van der Waals surface area contributed by atoms with E-state index in [1.54, 1.807) is 14.2 Å². The highest BCUT2D eigenvalue weighted by atomic mass is 16.5. The molecule has 2 aliphatic heterocycles. The third-order valence-electron chi connectivity index (χ3n) is 6.67. The smallest absolute Gasteiger partial charge is 0.241 e. The van der Waals surface area contributed by atoms with E-state index in [0.29, 0.717) is 42.8 Å². The number of ether oxygens (including phenoxy) is 2. The van der Waals surface area contributed by atoms with Gasteiger partial charge in [0, 0.05) is 51.4 Å². The van der Waals surface area contributed by atoms with Crippen molar-refractivity contribution in [1.82, 2.24) is 30.2 Å². The number of hydrogen-bond acceptors (Lipinski definition) is 9. The van der Waals surface area contributed by atoms with Gasteiger partial charge < -0.3 is 24.2 Å². The maximum Gasteiger partial charge on any atom is 0.241 e. The second kappa shape index (κ2) is 11.6. The Kier molecular flexibility index (Phi) is 8.36. The molecule has 0 aliphatic carbocycles. The van der Waals surface area contributed by atoms with E-state index in [9.17, 15) is 4.79 Å². The molecule has 4 rings (SSSR count). The predicted octanol–water partition coefficient (Wildman–Crippen LogP) is 1.33. The first-order valence-corrected chi connectivity index (χ1v) is 12.0. The Labute approximate surface area is 201 Å². The van der Waals surface area contributed by atoms with Crippen LogP contribution in [0.2, 0.25) is 0 Å². The van der Waals surface area contributed by atoms with Gasteiger partial charge in [-0.05, 0) is 44.6 Å². The number of methoxy groups -OCH3 is 2. The van der Waals surface area contributed by atoms with Crippen LogP contribution in [0.3, 0.4) is 0 Å². The van der Waals surface area contributed by atoms with Gasteiger partial charge in [0.25, 0.3) is 0 Å². The van der Waals surface area contributed by atoms with E-state index in [1.165, 1.54) is 0 Å². The number of nitrogens with one attached hydrogen (secondary N) is 1. The van der Waals surface area contributed by atoms with Gasteiger partial charge in [0.1, 0.15) is 0 Å². The van der Waals surface area contributed by atoms with Gasteiger partial charge >= 0.3 is 0 Å². The maximum absolute atomic E-state index is 12.8. The number of likely N-dealkylation sites (tertiary alicyclic amines) is 1. The lowest BCUT2D eigenvalue weighted by Crippen LogP contribution is -2.48. The summed E-state index contributed by atoms with van der Waals surface area (Å²) in [5.74, 6) is 2.46. The third kappa shape index (κ3) is 6.25. The molecule has 0 spiro atoms. The molecule has 1 atom stereocenters. The Morgan fingerprint density at radius 2 is 1.91 bits per heavy atom. The monoisotopic (exact) mass is 472 g/mol. The van der Waals surface area contributed by atoms with E-state index < -0.39 is 0 Å². The van der Waals surface area contributed by atoms with E-state index in [0.717, 1.165) is 57.7 Å². The largest absolute Gasteiger partial charge is 0.493 e. The zero-order valence-corrected chi connectivity index (χ0v) is 20.5. The van der Waals surface area contributed by atoms with Crippen molar-refractivity contribution in [3.05, 3.63) is 24.1 Å². The van der Waals surface area contributed by atoms with Gasteiger partial charge in [0.2, 0.25) is 17.6 Å². The highest BCUT2D eigenvalue weighted by Crippen LogP contribution is 2.31. The third-order valence-corrected chi connectivity index (χ3v) is 6.67. The molecule has 2 aromatic rings. The van der Waals surface area contributed by atoms with Crippen LogP contribution in [-0.4, -0.2) is 104 Å². The number of piperidine rings is 1. The van der Waals surface area contributed by atoms with Crippen LogP contribution in [0, 0.1) is 5.92 Å². The standard InChI is InChI=1S/C24H36N6O4/c1-28-11-13-29(14-12-28)10-8-25-24(31)19-5-4-9-30(16-19)17-22-26-23(27-34-22)18-6-7-20(32-2)21(15-18)33-3/h6-7,15,19H,4-5,8-14,16-17H2,1-3H3,(H,25,31)/t19-/m1/s1. The van der Waals surface area contributed by atoms with Gasteiger partial charge in [-0.15, -0.1) is 0 Å². The van der Waals surface area contributed by atoms with Crippen molar-refractivity contribution in [2.75, 3.05) is 73.6 Å². The molecule has 10 nitrogen and oxygen atoms in total. The number of aromatic nitrogens is 2. The summed E-state index contributed by atoms with van der Waals surface area (Å²) in [4.78, 5) is 24.3. The molecule has 0 radical (unpaired) electrons. The Morgan fingerprint density at radius 3 is 2.68 bits per heavy atom. The van der Waals surface area contributed by atoms with Crippen LogP contribution in [-0.2, 0) is 11.3 Å². The van der Waals surface area contributed by atoms with Crippen LogP contribution < -0.4 is 14.8 Å². The van der Waals surface area contributed by atoms with Crippen molar-refractivity contribution in [2.24, 2.45) is 5.92 Å². The van der Waals surface area contributed by atoms with Crippen molar-refractivity contribution < 1.29 is 18.8 Å². The molecule has 0 bridgehead atoms. The lowest BCUT2D eigenvalue weighted by molar-refractivity contribution is -0.126. The first kappa shape index (κ1) is 24.4. The van der Waals surface area contributed by atoms with Gasteiger partial charge in [0.15, 0.2) is 11.5 Å². The van der Waals surface area contributed by atoms with Gasteiger partial charge in [-0.25, -0.2) is 0 Å². The fourth-order valence-corrected chi connectivity index (χ4v) is 4.57. The van der Waals surface area contributed by atoms with Crippen LogP contribution in [0.15, 0.2) is 22.7 Å². The van der Waals surface area contributed by atoms with Crippen molar-refractivity contribution in [1.29, 1.82) is 0 Å². The van der Waals surface area contributed by atoms with Crippen LogP contribution >= 0.6 is 0 Å². The SMILES string of the molecule is COc1ccc(-c2noc(CN3CCC[C@@H](C(=O)NCCN4CCN(C)CC4)C3)n2)cc1OC. The highest BCUT2D eigenvalue weighted by Gasteiger charge is 2.27. The van der Waals surface area contributed by atoms with E-state index in [-0.39, 0.29) is 11.8 Å². The fourth-order valence-electron chi connectivity index (χ4n) is 4.57. The zero-order valence-electron chi connectivity index (χ0n) is 20.5. The summed E-state index contributed by atoms with van der Waals surface area (Å²) >= 11 is 0. The molecular weight excluding hydrogens is 436 g/mol. The molecule has 1 aromatic heterocycles. The summed E-state index contributed by atoms with van der Waals surface area (Å²) in [6.07, 6.45) is 1.89. The number of carbonyl (C=O) groups is 1. The minimum atomic E-state index is -0.00511. The average Bonchev–Trinajstić information content (AvgIpc) is 3.33. The van der Waals surface area contributed by atoms with Gasteiger partial charge in [-0.3, -0.25) is 14.6 Å². The molecule has 10 heteroatoms. The molecule has 34 heavy (non-hydrogen) atoms. The van der Waals surface area contributed by atoms with Crippen LogP contribution in [0.1, 0.15) is 18.7 Å². The molecule has 186 valence electrons. The lowest BCUT2D eigenvalue weighted by atomic mass is 9.97. The van der Waals surface area contributed by atoms with Crippen molar-refractivity contribution >= 4 is 5.91 Å². The highest BCUT2D eigenvalue weighted by molar-refractivity contribution is 5.78. The van der Waals surface area contributed by atoms with Gasteiger partial charge in [0.05, 0.1) is 26.7 Å². The number of rotatable bonds is 9. The first-order valence-electron chi connectivity index (χ1n) is 12.0. The summed E-state index contributed by atoms with van der Waals surface area (Å²) in [5, 5.41) is 7.28. The van der Waals surface area contributed by atoms with E-state index in [2.05, 4.69) is 37.2 Å². The quantitative estimate of drug-likeness (QED) is 0.580. The maximum atomic E-state index is 12.8. The predicted molar refractivity (Wildman–Crippen MR) is 128 cm³/mol. The minimum absolute atomic E-state index is 0.00511. The molecule has 2 saturated heterocycles. The number of carbonyl (C=O) groups excluding carboxylic acids is 1. The summed E-state index contributed by atoms with van der Waals surface area (Å²) in [6.45, 7) is 8.09. The molecule has 0 saturated carbocycles. The molecular formula is C24H36N6O4. The molecule has 1 aromatic carbocycles. The first-order chi connectivity index (χ1) is 16.6. The van der Waals surface area contributed by atoms with Crippen molar-refractivity contribution in [2.45, 2.75) is 19.4 Å². The number of nitrogens with zero attached hydrogens (tertiary/aromatic N) is 5. The molecule has 1 N–H and O–H groups in total. The molecule has 1 amide bonds. The summed E-state index contributed by atoms with van der Waals surface area (Å²) in [6, 6.07) is 5.53. The van der Waals surface area contributed by atoms with Crippen molar-refractivity contribution in [3.63, 3.8) is 0 Å². The number of benzene rings is 1. The van der Waals surface area contributed by atoms with Crippen LogP contribution in [0.5, 0.6) is 11.5 Å². The second-order valence-corrected chi connectivity index (χ2v) is 9.09. The van der Waals surface area contributed by atoms with Gasteiger partial charge in [-0.1, -0.05) is 5.16 Å². The molecule has 0 unspecified atom stereocenters. The summed E-state index contributed by atoms with van der Waals surface area (Å²) in [7, 11) is 5.35. The second-order valence-electron chi connectivity index (χ2n) is 9.09. The van der Waals surface area contributed by atoms with E-state index >= 15 is 0 Å². The number of amides is 1. The Bertz CT molecular complexity index is 943. The zero-order chi connectivity index (χ0) is 23.9. The molecule has 2 aliphatic rings. The Morgan fingerprint density at radius 1 is 1.12 bits per heavy atom. The van der Waals surface area contributed by atoms with E-state index in [1.807, 2.05) is 18.2 Å². The van der Waals surface area contributed by atoms with Crippen LogP contribution in [0.4, 0.5) is 0 Å².